The van der Waals surface area contributed by atoms with E-state index in [1.165, 1.54) is 25.7 Å². The van der Waals surface area contributed by atoms with Gasteiger partial charge in [0.05, 0.1) is 6.61 Å². The molecule has 1 unspecified atom stereocenters. The molecule has 0 spiro atoms. The summed E-state index contributed by atoms with van der Waals surface area (Å²) >= 11 is 0. The molecule has 106 valence electrons. The predicted octanol–water partition coefficient (Wildman–Crippen LogP) is 2.46. The van der Waals surface area contributed by atoms with E-state index >= 15 is 0 Å². The van der Waals surface area contributed by atoms with Crippen molar-refractivity contribution in [2.45, 2.75) is 44.9 Å². The molecule has 1 amide bonds. The van der Waals surface area contributed by atoms with Crippen LogP contribution in [0.25, 0.3) is 0 Å². The van der Waals surface area contributed by atoms with Gasteiger partial charge in [0, 0.05) is 19.5 Å². The molecule has 1 saturated heterocycles. The van der Waals surface area contributed by atoms with Gasteiger partial charge in [-0.25, -0.2) is 0 Å². The summed E-state index contributed by atoms with van der Waals surface area (Å²) in [5, 5.41) is 0. The van der Waals surface area contributed by atoms with Crippen LogP contribution in [0.1, 0.15) is 44.9 Å². The number of ether oxygens (including phenoxy) is 1. The van der Waals surface area contributed by atoms with Gasteiger partial charge in [0.15, 0.2) is 0 Å². The second-order valence-corrected chi connectivity index (χ2v) is 5.92. The predicted molar refractivity (Wildman–Crippen MR) is 75.5 cm³/mol. The van der Waals surface area contributed by atoms with Crippen LogP contribution in [0.2, 0.25) is 0 Å². The topological polar surface area (TPSA) is 29.5 Å². The van der Waals surface area contributed by atoms with E-state index in [9.17, 15) is 4.79 Å². The lowest BCUT2D eigenvalue weighted by atomic mass is 9.97. The molecule has 2 fully saturated rings. The van der Waals surface area contributed by atoms with Crippen molar-refractivity contribution < 1.29 is 9.53 Å². The van der Waals surface area contributed by atoms with Crippen LogP contribution in [0, 0.1) is 24.2 Å². The number of amides is 1. The van der Waals surface area contributed by atoms with E-state index < -0.39 is 0 Å². The highest BCUT2D eigenvalue weighted by molar-refractivity contribution is 5.76. The van der Waals surface area contributed by atoms with Gasteiger partial charge in [0.1, 0.15) is 6.61 Å². The quantitative estimate of drug-likeness (QED) is 0.563. The summed E-state index contributed by atoms with van der Waals surface area (Å²) in [4.78, 5) is 14.3. The monoisotopic (exact) mass is 263 g/mol. The normalized spacial score (nSPS) is 24.4. The Kier molecular flexibility index (Phi) is 5.72. The summed E-state index contributed by atoms with van der Waals surface area (Å²) in [6, 6.07) is 0. The number of likely N-dealkylation sites (tertiary alicyclic amines) is 1. The van der Waals surface area contributed by atoms with E-state index in [2.05, 4.69) is 5.92 Å². The first-order valence-corrected chi connectivity index (χ1v) is 7.58. The van der Waals surface area contributed by atoms with Crippen molar-refractivity contribution in [2.24, 2.45) is 11.8 Å². The number of carbonyl (C=O) groups is 1. The molecular formula is C16H25NO2. The number of carbonyl (C=O) groups excluding carboxylic acids is 1. The van der Waals surface area contributed by atoms with Gasteiger partial charge >= 0.3 is 0 Å². The smallest absolute Gasteiger partial charge is 0.222 e. The standard InChI is InChI=1S/C16H25NO2/c1-2-10-19-13-15-8-5-9-17(12-15)16(18)11-14-6-3-4-7-14/h1,14-15H,3-13H2. The minimum Gasteiger partial charge on any atom is -0.368 e. The Morgan fingerprint density at radius 2 is 1.95 bits per heavy atom. The zero-order valence-corrected chi connectivity index (χ0v) is 11.8. The fourth-order valence-corrected chi connectivity index (χ4v) is 3.30. The minimum atomic E-state index is 0.355. The fraction of sp³-hybridized carbons (Fsp3) is 0.812. The molecule has 0 aromatic heterocycles. The average Bonchev–Trinajstić information content (AvgIpc) is 2.92. The molecule has 1 aliphatic heterocycles. The fourth-order valence-electron chi connectivity index (χ4n) is 3.30. The zero-order chi connectivity index (χ0) is 13.5. The van der Waals surface area contributed by atoms with E-state index in [1.807, 2.05) is 4.90 Å². The number of piperidine rings is 1. The van der Waals surface area contributed by atoms with Crippen LogP contribution in [0.4, 0.5) is 0 Å². The van der Waals surface area contributed by atoms with Crippen molar-refractivity contribution in [3.63, 3.8) is 0 Å². The largest absolute Gasteiger partial charge is 0.368 e. The lowest BCUT2D eigenvalue weighted by Gasteiger charge is -2.33. The maximum absolute atomic E-state index is 12.3. The molecule has 3 heteroatoms. The Bertz CT molecular complexity index is 328. The molecule has 2 aliphatic rings. The molecular weight excluding hydrogens is 238 g/mol. The first kappa shape index (κ1) is 14.4. The van der Waals surface area contributed by atoms with Gasteiger partial charge in [-0.1, -0.05) is 18.8 Å². The molecule has 0 N–H and O–H groups in total. The van der Waals surface area contributed by atoms with Crippen molar-refractivity contribution in [2.75, 3.05) is 26.3 Å². The van der Waals surface area contributed by atoms with E-state index in [-0.39, 0.29) is 0 Å². The molecule has 0 aromatic rings. The maximum atomic E-state index is 12.3. The van der Waals surface area contributed by atoms with Crippen molar-refractivity contribution in [3.8, 4) is 12.3 Å². The second kappa shape index (κ2) is 7.55. The molecule has 1 aliphatic carbocycles. The van der Waals surface area contributed by atoms with Gasteiger partial charge < -0.3 is 9.64 Å². The number of rotatable bonds is 5. The first-order valence-electron chi connectivity index (χ1n) is 7.58. The van der Waals surface area contributed by atoms with Crippen molar-refractivity contribution >= 4 is 5.91 Å². The lowest BCUT2D eigenvalue weighted by Crippen LogP contribution is -2.41. The van der Waals surface area contributed by atoms with Crippen molar-refractivity contribution in [1.29, 1.82) is 0 Å². The van der Waals surface area contributed by atoms with Crippen molar-refractivity contribution in [1.82, 2.24) is 4.90 Å². The zero-order valence-electron chi connectivity index (χ0n) is 11.8. The SMILES string of the molecule is C#CCOCC1CCCN(C(=O)CC2CCCC2)C1. The second-order valence-electron chi connectivity index (χ2n) is 5.92. The number of terminal acetylenes is 1. The Balaban J connectivity index is 1.73. The molecule has 3 nitrogen and oxygen atoms in total. The highest BCUT2D eigenvalue weighted by Crippen LogP contribution is 2.28. The highest BCUT2D eigenvalue weighted by atomic mass is 16.5. The Hall–Kier alpha value is -1.01. The molecule has 1 heterocycles. The summed E-state index contributed by atoms with van der Waals surface area (Å²) < 4.78 is 5.41. The summed E-state index contributed by atoms with van der Waals surface area (Å²) in [5.74, 6) is 3.95. The lowest BCUT2D eigenvalue weighted by molar-refractivity contribution is -0.134. The first-order chi connectivity index (χ1) is 9.29. The maximum Gasteiger partial charge on any atom is 0.222 e. The highest BCUT2D eigenvalue weighted by Gasteiger charge is 2.26. The van der Waals surface area contributed by atoms with Gasteiger partial charge in [-0.15, -0.1) is 6.42 Å². The van der Waals surface area contributed by atoms with Crippen LogP contribution < -0.4 is 0 Å². The van der Waals surface area contributed by atoms with Crippen LogP contribution in [-0.4, -0.2) is 37.1 Å². The molecule has 19 heavy (non-hydrogen) atoms. The Labute approximate surface area is 116 Å². The molecule has 0 radical (unpaired) electrons. The van der Waals surface area contributed by atoms with Gasteiger partial charge in [-0.2, -0.15) is 0 Å². The molecule has 0 aromatic carbocycles. The van der Waals surface area contributed by atoms with Crippen LogP contribution in [0.3, 0.4) is 0 Å². The third kappa shape index (κ3) is 4.54. The van der Waals surface area contributed by atoms with Crippen LogP contribution in [-0.2, 0) is 9.53 Å². The molecule has 1 saturated carbocycles. The number of hydrogen-bond acceptors (Lipinski definition) is 2. The van der Waals surface area contributed by atoms with Crippen molar-refractivity contribution in [3.05, 3.63) is 0 Å². The number of nitrogens with zero attached hydrogens (tertiary/aromatic N) is 1. The van der Waals surface area contributed by atoms with Crippen LogP contribution in [0.15, 0.2) is 0 Å². The Morgan fingerprint density at radius 3 is 2.68 bits per heavy atom. The molecule has 0 bridgehead atoms. The van der Waals surface area contributed by atoms with E-state index in [0.29, 0.717) is 31.0 Å². The third-order valence-corrected chi connectivity index (χ3v) is 4.35. The summed E-state index contributed by atoms with van der Waals surface area (Å²) in [6.07, 6.45) is 13.3. The van der Waals surface area contributed by atoms with Gasteiger partial charge in [0.25, 0.3) is 0 Å². The summed E-state index contributed by atoms with van der Waals surface area (Å²) in [6.45, 7) is 2.86. The number of hydrogen-bond donors (Lipinski definition) is 0. The van der Waals surface area contributed by atoms with Crippen LogP contribution in [0.5, 0.6) is 0 Å². The van der Waals surface area contributed by atoms with Gasteiger partial charge in [-0.3, -0.25) is 4.79 Å². The Morgan fingerprint density at radius 1 is 1.21 bits per heavy atom. The molecule has 1 atom stereocenters. The van der Waals surface area contributed by atoms with E-state index in [1.54, 1.807) is 0 Å². The van der Waals surface area contributed by atoms with E-state index in [4.69, 9.17) is 11.2 Å². The van der Waals surface area contributed by atoms with Gasteiger partial charge in [0.2, 0.25) is 5.91 Å². The third-order valence-electron chi connectivity index (χ3n) is 4.35. The minimum absolute atomic E-state index is 0.355. The molecule has 2 rings (SSSR count). The summed E-state index contributed by atoms with van der Waals surface area (Å²) in [7, 11) is 0. The summed E-state index contributed by atoms with van der Waals surface area (Å²) in [5.41, 5.74) is 0. The average molecular weight is 263 g/mol. The van der Waals surface area contributed by atoms with Gasteiger partial charge in [-0.05, 0) is 37.5 Å². The van der Waals surface area contributed by atoms with E-state index in [0.717, 1.165) is 32.4 Å². The van der Waals surface area contributed by atoms with Crippen LogP contribution >= 0.6 is 0 Å².